The molecule has 1 N–H and O–H groups in total. The second-order valence-corrected chi connectivity index (χ2v) is 2.82. The van der Waals surface area contributed by atoms with Crippen molar-refractivity contribution in [1.82, 2.24) is 4.90 Å². The Kier molecular flexibility index (Phi) is 3.20. The second-order valence-electron chi connectivity index (χ2n) is 2.42. The number of likely N-dealkylation sites (tertiary alicyclic amines) is 1. The molecule has 56 valence electrons. The van der Waals surface area contributed by atoms with Gasteiger partial charge >= 0.3 is 0 Å². The standard InChI is InChI=1S/C7H10BrNO/c8-2-1-7-5-9(6-7)3-4-10/h7,10H,3-6H2. The molecule has 0 bridgehead atoms. The Morgan fingerprint density at radius 1 is 1.60 bits per heavy atom. The van der Waals surface area contributed by atoms with Crippen molar-refractivity contribution in [2.24, 2.45) is 5.92 Å². The summed E-state index contributed by atoms with van der Waals surface area (Å²) in [5.74, 6) is 3.53. The van der Waals surface area contributed by atoms with Crippen LogP contribution in [0.5, 0.6) is 0 Å². The van der Waals surface area contributed by atoms with Gasteiger partial charge in [0, 0.05) is 41.5 Å². The smallest absolute Gasteiger partial charge is 0.0558 e. The van der Waals surface area contributed by atoms with Crippen LogP contribution in [0.15, 0.2) is 0 Å². The maximum Gasteiger partial charge on any atom is 0.0558 e. The molecule has 0 aliphatic carbocycles. The van der Waals surface area contributed by atoms with Crippen molar-refractivity contribution in [3.05, 3.63) is 0 Å². The molecular formula is C7H10BrNO. The minimum absolute atomic E-state index is 0.258. The summed E-state index contributed by atoms with van der Waals surface area (Å²) in [6.45, 7) is 3.08. The number of halogens is 1. The molecule has 0 radical (unpaired) electrons. The monoisotopic (exact) mass is 203 g/mol. The van der Waals surface area contributed by atoms with E-state index < -0.39 is 0 Å². The average molecular weight is 204 g/mol. The van der Waals surface area contributed by atoms with Gasteiger partial charge in [0.2, 0.25) is 0 Å². The van der Waals surface area contributed by atoms with Crippen LogP contribution in [-0.2, 0) is 0 Å². The van der Waals surface area contributed by atoms with Gasteiger partial charge in [-0.25, -0.2) is 0 Å². The molecule has 0 amide bonds. The van der Waals surface area contributed by atoms with Gasteiger partial charge in [0.1, 0.15) is 0 Å². The quantitative estimate of drug-likeness (QED) is 0.652. The average Bonchev–Trinajstić information content (AvgIpc) is 1.84. The molecule has 0 aromatic carbocycles. The third-order valence-electron chi connectivity index (χ3n) is 1.63. The van der Waals surface area contributed by atoms with Gasteiger partial charge in [-0.1, -0.05) is 5.92 Å². The van der Waals surface area contributed by atoms with Crippen molar-refractivity contribution in [1.29, 1.82) is 0 Å². The Bertz CT molecular complexity index is 155. The first-order valence-electron chi connectivity index (χ1n) is 3.31. The van der Waals surface area contributed by atoms with Gasteiger partial charge in [-0.3, -0.25) is 4.90 Å². The lowest BCUT2D eigenvalue weighted by Gasteiger charge is -2.35. The number of hydrogen-bond acceptors (Lipinski definition) is 2. The lowest BCUT2D eigenvalue weighted by Crippen LogP contribution is -2.47. The van der Waals surface area contributed by atoms with Crippen LogP contribution >= 0.6 is 15.9 Å². The minimum atomic E-state index is 0.258. The predicted octanol–water partition coefficient (Wildman–Crippen LogP) is 0.266. The zero-order valence-electron chi connectivity index (χ0n) is 5.68. The maximum atomic E-state index is 8.53. The van der Waals surface area contributed by atoms with E-state index in [4.69, 9.17) is 5.11 Å². The van der Waals surface area contributed by atoms with E-state index in [2.05, 4.69) is 31.6 Å². The first-order chi connectivity index (χ1) is 4.86. The third kappa shape index (κ3) is 1.98. The SMILES string of the molecule is OCCN1CC(C#CBr)C1. The van der Waals surface area contributed by atoms with Crippen molar-refractivity contribution >= 4 is 15.9 Å². The summed E-state index contributed by atoms with van der Waals surface area (Å²) in [4.78, 5) is 4.89. The highest BCUT2D eigenvalue weighted by molar-refractivity contribution is 9.12. The highest BCUT2D eigenvalue weighted by atomic mass is 79.9. The molecule has 0 atom stereocenters. The first-order valence-corrected chi connectivity index (χ1v) is 4.10. The van der Waals surface area contributed by atoms with Gasteiger partial charge in [0.05, 0.1) is 6.61 Å². The Balaban J connectivity index is 2.10. The summed E-state index contributed by atoms with van der Waals surface area (Å²) in [7, 11) is 0. The van der Waals surface area contributed by atoms with Crippen LogP contribution in [0.1, 0.15) is 0 Å². The van der Waals surface area contributed by atoms with Crippen LogP contribution in [0.4, 0.5) is 0 Å². The van der Waals surface area contributed by atoms with E-state index in [1.807, 2.05) is 0 Å². The number of nitrogens with zero attached hydrogens (tertiary/aromatic N) is 1. The molecular weight excluding hydrogens is 194 g/mol. The van der Waals surface area contributed by atoms with Crippen LogP contribution in [0, 0.1) is 16.7 Å². The zero-order chi connectivity index (χ0) is 7.40. The molecule has 0 spiro atoms. The zero-order valence-corrected chi connectivity index (χ0v) is 7.26. The molecule has 0 aromatic rings. The first kappa shape index (κ1) is 8.06. The number of rotatable bonds is 2. The van der Waals surface area contributed by atoms with E-state index in [9.17, 15) is 0 Å². The van der Waals surface area contributed by atoms with Gasteiger partial charge in [-0.05, 0) is 4.83 Å². The van der Waals surface area contributed by atoms with Crippen molar-refractivity contribution < 1.29 is 5.11 Å². The normalized spacial score (nSPS) is 19.4. The molecule has 1 rings (SSSR count). The van der Waals surface area contributed by atoms with Crippen molar-refractivity contribution in [2.75, 3.05) is 26.2 Å². The van der Waals surface area contributed by atoms with Gasteiger partial charge in [-0.15, -0.1) is 0 Å². The predicted molar refractivity (Wildman–Crippen MR) is 43.7 cm³/mol. The maximum absolute atomic E-state index is 8.53. The second kappa shape index (κ2) is 3.97. The molecule has 2 nitrogen and oxygen atoms in total. The Hall–Kier alpha value is -0.0400. The van der Waals surface area contributed by atoms with E-state index in [0.29, 0.717) is 5.92 Å². The van der Waals surface area contributed by atoms with E-state index >= 15 is 0 Å². The topological polar surface area (TPSA) is 23.5 Å². The Morgan fingerprint density at radius 2 is 2.30 bits per heavy atom. The summed E-state index contributed by atoms with van der Waals surface area (Å²) in [5, 5.41) is 8.53. The number of aliphatic hydroxyl groups excluding tert-OH is 1. The Morgan fingerprint density at radius 3 is 2.80 bits per heavy atom. The van der Waals surface area contributed by atoms with Gasteiger partial charge in [-0.2, -0.15) is 0 Å². The molecule has 3 heteroatoms. The molecule has 1 aliphatic heterocycles. The number of hydrogen-bond donors (Lipinski definition) is 1. The lowest BCUT2D eigenvalue weighted by atomic mass is 10.0. The number of β-amino-alcohol motifs (C(OH)–C–C–N with tert-alkyl or cyclic N) is 1. The van der Waals surface area contributed by atoms with E-state index in [1.165, 1.54) is 0 Å². The number of aliphatic hydroxyl groups is 1. The van der Waals surface area contributed by atoms with Crippen LogP contribution < -0.4 is 0 Å². The van der Waals surface area contributed by atoms with Crippen LogP contribution in [0.25, 0.3) is 0 Å². The molecule has 1 heterocycles. The van der Waals surface area contributed by atoms with Crippen molar-refractivity contribution in [3.8, 4) is 10.8 Å². The lowest BCUT2D eigenvalue weighted by molar-refractivity contribution is 0.106. The minimum Gasteiger partial charge on any atom is -0.395 e. The molecule has 1 aliphatic rings. The summed E-state index contributed by atoms with van der Waals surface area (Å²) >= 11 is 3.05. The fourth-order valence-electron chi connectivity index (χ4n) is 1.06. The molecule has 1 fully saturated rings. The van der Waals surface area contributed by atoms with Crippen molar-refractivity contribution in [2.45, 2.75) is 0 Å². The van der Waals surface area contributed by atoms with Crippen LogP contribution in [0.2, 0.25) is 0 Å². The summed E-state index contributed by atoms with van der Waals surface area (Å²) in [6, 6.07) is 0. The summed E-state index contributed by atoms with van der Waals surface area (Å²) in [5.41, 5.74) is 0. The van der Waals surface area contributed by atoms with E-state index in [0.717, 1.165) is 19.6 Å². The van der Waals surface area contributed by atoms with Crippen molar-refractivity contribution in [3.63, 3.8) is 0 Å². The van der Waals surface area contributed by atoms with Gasteiger partial charge in [0.25, 0.3) is 0 Å². The third-order valence-corrected chi connectivity index (χ3v) is 1.86. The van der Waals surface area contributed by atoms with E-state index in [1.54, 1.807) is 0 Å². The molecule has 0 aromatic heterocycles. The van der Waals surface area contributed by atoms with Gasteiger partial charge in [0.15, 0.2) is 0 Å². The fraction of sp³-hybridized carbons (Fsp3) is 0.714. The van der Waals surface area contributed by atoms with E-state index in [-0.39, 0.29) is 6.61 Å². The molecule has 0 saturated carbocycles. The summed E-state index contributed by atoms with van der Waals surface area (Å²) < 4.78 is 0. The van der Waals surface area contributed by atoms with Crippen LogP contribution in [0.3, 0.4) is 0 Å². The molecule has 0 unspecified atom stereocenters. The fourth-order valence-corrected chi connectivity index (χ4v) is 1.39. The Labute approximate surface area is 69.3 Å². The largest absolute Gasteiger partial charge is 0.395 e. The molecule has 10 heavy (non-hydrogen) atoms. The molecule has 1 saturated heterocycles. The highest BCUT2D eigenvalue weighted by Gasteiger charge is 2.23. The van der Waals surface area contributed by atoms with Gasteiger partial charge < -0.3 is 5.11 Å². The highest BCUT2D eigenvalue weighted by Crippen LogP contribution is 2.12. The van der Waals surface area contributed by atoms with Crippen LogP contribution in [-0.4, -0.2) is 36.2 Å². The summed E-state index contributed by atoms with van der Waals surface area (Å²) in [6.07, 6.45) is 0.